The van der Waals surface area contributed by atoms with Crippen LogP contribution in [0, 0.1) is 6.92 Å². The Balaban J connectivity index is 1.81. The number of morpholine rings is 1. The Kier molecular flexibility index (Phi) is 2.03. The van der Waals surface area contributed by atoms with Crippen LogP contribution < -0.4 is 0 Å². The second-order valence-electron chi connectivity index (χ2n) is 4.05. The molecule has 2 aliphatic rings. The molecule has 2 aliphatic heterocycles. The number of amides is 1. The summed E-state index contributed by atoms with van der Waals surface area (Å²) < 4.78 is 5.46. The summed E-state index contributed by atoms with van der Waals surface area (Å²) in [5.41, 5.74) is 0.588. The summed E-state index contributed by atoms with van der Waals surface area (Å²) in [6, 6.07) is 0.282. The van der Waals surface area contributed by atoms with Crippen LogP contribution in [0.2, 0.25) is 0 Å². The molecule has 2 bridgehead atoms. The van der Waals surface area contributed by atoms with Crippen molar-refractivity contribution in [2.75, 3.05) is 13.2 Å². The molecule has 0 radical (unpaired) electrons. The van der Waals surface area contributed by atoms with E-state index >= 15 is 0 Å². The van der Waals surface area contributed by atoms with E-state index in [-0.39, 0.29) is 18.1 Å². The maximum atomic E-state index is 12.1. The second kappa shape index (κ2) is 3.28. The van der Waals surface area contributed by atoms with Crippen LogP contribution in [0.5, 0.6) is 0 Å². The van der Waals surface area contributed by atoms with Gasteiger partial charge in [0.1, 0.15) is 5.69 Å². The van der Waals surface area contributed by atoms with E-state index in [0.29, 0.717) is 12.3 Å². The average molecular weight is 224 g/mol. The van der Waals surface area contributed by atoms with Crippen LogP contribution in [0.25, 0.3) is 0 Å². The molecule has 0 aliphatic carbocycles. The molecule has 1 aromatic heterocycles. The van der Waals surface area contributed by atoms with Gasteiger partial charge in [-0.3, -0.25) is 4.79 Å². The number of hydrogen-bond acceptors (Lipinski definition) is 4. The van der Waals surface area contributed by atoms with E-state index in [1.165, 1.54) is 11.3 Å². The van der Waals surface area contributed by atoms with Gasteiger partial charge in [-0.25, -0.2) is 4.98 Å². The zero-order chi connectivity index (χ0) is 10.4. The van der Waals surface area contributed by atoms with Crippen LogP contribution in [0.3, 0.4) is 0 Å². The third kappa shape index (κ3) is 1.46. The number of carbonyl (C=O) groups excluding carboxylic acids is 1. The van der Waals surface area contributed by atoms with E-state index < -0.39 is 0 Å². The van der Waals surface area contributed by atoms with Crippen molar-refractivity contribution in [2.24, 2.45) is 0 Å². The number of fused-ring (bicyclic) bond motifs is 2. The summed E-state index contributed by atoms with van der Waals surface area (Å²) >= 11 is 1.52. The van der Waals surface area contributed by atoms with Crippen LogP contribution in [-0.4, -0.2) is 41.1 Å². The minimum Gasteiger partial charge on any atom is -0.374 e. The first kappa shape index (κ1) is 9.30. The van der Waals surface area contributed by atoms with E-state index in [4.69, 9.17) is 4.74 Å². The van der Waals surface area contributed by atoms with Gasteiger partial charge in [-0.05, 0) is 13.3 Å². The molecule has 3 heterocycles. The van der Waals surface area contributed by atoms with Crippen LogP contribution in [0.15, 0.2) is 5.38 Å². The number of nitrogens with zero attached hydrogens (tertiary/aromatic N) is 2. The standard InChI is InChI=1S/C10H12N2O2S/c1-6-11-9(5-15-6)10(13)12-3-8-2-7(12)4-14-8/h5,7-8H,2-4H2,1H3/t7-,8+/m0/s1. The molecular formula is C10H12N2O2S. The largest absolute Gasteiger partial charge is 0.374 e. The van der Waals surface area contributed by atoms with Crippen molar-refractivity contribution in [3.63, 3.8) is 0 Å². The highest BCUT2D eigenvalue weighted by molar-refractivity contribution is 7.09. The number of aryl methyl sites for hydroxylation is 1. The van der Waals surface area contributed by atoms with Gasteiger partial charge >= 0.3 is 0 Å². The Morgan fingerprint density at radius 1 is 1.73 bits per heavy atom. The number of rotatable bonds is 1. The molecule has 80 valence electrons. The normalized spacial score (nSPS) is 28.7. The zero-order valence-electron chi connectivity index (χ0n) is 8.47. The monoisotopic (exact) mass is 224 g/mol. The van der Waals surface area contributed by atoms with Crippen molar-refractivity contribution in [3.05, 3.63) is 16.1 Å². The summed E-state index contributed by atoms with van der Waals surface area (Å²) in [5.74, 6) is 0.0650. The summed E-state index contributed by atoms with van der Waals surface area (Å²) in [5, 5.41) is 2.78. The van der Waals surface area contributed by atoms with Gasteiger partial charge in [0.2, 0.25) is 0 Å². The fourth-order valence-corrected chi connectivity index (χ4v) is 2.84. The number of carbonyl (C=O) groups is 1. The van der Waals surface area contributed by atoms with Gasteiger partial charge in [0, 0.05) is 11.9 Å². The Hall–Kier alpha value is -0.940. The van der Waals surface area contributed by atoms with Gasteiger partial charge in [0.25, 0.3) is 5.91 Å². The molecule has 4 nitrogen and oxygen atoms in total. The third-order valence-electron chi connectivity index (χ3n) is 3.00. The van der Waals surface area contributed by atoms with E-state index in [2.05, 4.69) is 4.98 Å². The molecule has 3 rings (SSSR count). The summed E-state index contributed by atoms with van der Waals surface area (Å²) in [6.07, 6.45) is 1.26. The van der Waals surface area contributed by atoms with E-state index in [1.807, 2.05) is 17.2 Å². The Labute approximate surface area is 91.9 Å². The highest BCUT2D eigenvalue weighted by Gasteiger charge is 2.42. The van der Waals surface area contributed by atoms with Gasteiger partial charge < -0.3 is 9.64 Å². The summed E-state index contributed by atoms with van der Waals surface area (Å²) in [7, 11) is 0. The Morgan fingerprint density at radius 3 is 3.13 bits per heavy atom. The quantitative estimate of drug-likeness (QED) is 0.716. The molecule has 0 aromatic carbocycles. The maximum Gasteiger partial charge on any atom is 0.273 e. The van der Waals surface area contributed by atoms with Gasteiger partial charge in [-0.1, -0.05) is 0 Å². The average Bonchev–Trinajstić information content (AvgIpc) is 2.90. The molecule has 5 heteroatoms. The zero-order valence-corrected chi connectivity index (χ0v) is 9.29. The van der Waals surface area contributed by atoms with Crippen molar-refractivity contribution < 1.29 is 9.53 Å². The summed E-state index contributed by atoms with van der Waals surface area (Å²) in [6.45, 7) is 3.35. The molecule has 0 N–H and O–H groups in total. The van der Waals surface area contributed by atoms with E-state index in [0.717, 1.165) is 18.0 Å². The number of ether oxygens (including phenoxy) is 1. The lowest BCUT2D eigenvalue weighted by Gasteiger charge is -2.25. The van der Waals surface area contributed by atoms with Gasteiger partial charge in [0.15, 0.2) is 0 Å². The maximum absolute atomic E-state index is 12.1. The summed E-state index contributed by atoms with van der Waals surface area (Å²) in [4.78, 5) is 18.2. The lowest BCUT2D eigenvalue weighted by molar-refractivity contribution is 0.0256. The number of aromatic nitrogens is 1. The van der Waals surface area contributed by atoms with Crippen LogP contribution >= 0.6 is 11.3 Å². The van der Waals surface area contributed by atoms with Crippen LogP contribution in [0.4, 0.5) is 0 Å². The SMILES string of the molecule is Cc1nc(C(=O)N2C[C@H]3C[C@H]2CO3)cs1. The smallest absolute Gasteiger partial charge is 0.273 e. The highest BCUT2D eigenvalue weighted by atomic mass is 32.1. The van der Waals surface area contributed by atoms with Gasteiger partial charge in [-0.15, -0.1) is 11.3 Å². The van der Waals surface area contributed by atoms with Gasteiger partial charge in [0.05, 0.1) is 23.8 Å². The highest BCUT2D eigenvalue weighted by Crippen LogP contribution is 2.29. The van der Waals surface area contributed by atoms with Crippen molar-refractivity contribution in [1.29, 1.82) is 0 Å². The first-order valence-electron chi connectivity index (χ1n) is 5.09. The van der Waals surface area contributed by atoms with Crippen molar-refractivity contribution in [3.8, 4) is 0 Å². The molecular weight excluding hydrogens is 212 g/mol. The molecule has 1 aromatic rings. The van der Waals surface area contributed by atoms with Crippen LogP contribution in [-0.2, 0) is 4.74 Å². The molecule has 0 saturated carbocycles. The molecule has 0 spiro atoms. The molecule has 2 saturated heterocycles. The number of likely N-dealkylation sites (tertiary alicyclic amines) is 1. The molecule has 2 atom stereocenters. The van der Waals surface area contributed by atoms with Crippen LogP contribution in [0.1, 0.15) is 21.9 Å². The fourth-order valence-electron chi connectivity index (χ4n) is 2.26. The van der Waals surface area contributed by atoms with E-state index in [9.17, 15) is 4.79 Å². The lowest BCUT2D eigenvalue weighted by Crippen LogP contribution is -2.41. The van der Waals surface area contributed by atoms with Gasteiger partial charge in [-0.2, -0.15) is 0 Å². The minimum absolute atomic E-state index is 0.0650. The van der Waals surface area contributed by atoms with Crippen molar-refractivity contribution in [2.45, 2.75) is 25.5 Å². The predicted octanol–water partition coefficient (Wildman–Crippen LogP) is 1.06. The second-order valence-corrected chi connectivity index (χ2v) is 5.12. The lowest BCUT2D eigenvalue weighted by atomic mass is 10.2. The topological polar surface area (TPSA) is 42.4 Å². The Bertz CT molecular complexity index is 404. The fraction of sp³-hybridized carbons (Fsp3) is 0.600. The molecule has 1 amide bonds. The predicted molar refractivity (Wildman–Crippen MR) is 56.0 cm³/mol. The number of hydrogen-bond donors (Lipinski definition) is 0. The molecule has 2 fully saturated rings. The third-order valence-corrected chi connectivity index (χ3v) is 3.77. The van der Waals surface area contributed by atoms with Crippen molar-refractivity contribution >= 4 is 17.2 Å². The first-order valence-corrected chi connectivity index (χ1v) is 5.96. The number of thiazole rings is 1. The van der Waals surface area contributed by atoms with E-state index in [1.54, 1.807) is 0 Å². The minimum atomic E-state index is 0.0650. The first-order chi connectivity index (χ1) is 7.24. The molecule has 0 unspecified atom stereocenters. The molecule has 15 heavy (non-hydrogen) atoms. The Morgan fingerprint density at radius 2 is 2.60 bits per heavy atom. The van der Waals surface area contributed by atoms with Crippen molar-refractivity contribution in [1.82, 2.24) is 9.88 Å².